The zero-order valence-electron chi connectivity index (χ0n) is 11.5. The number of hydrogen-bond acceptors (Lipinski definition) is 5. The average Bonchev–Trinajstić information content (AvgIpc) is 2.49. The highest BCUT2D eigenvalue weighted by Gasteiger charge is 2.29. The highest BCUT2D eigenvalue weighted by molar-refractivity contribution is 6.31. The van der Waals surface area contributed by atoms with E-state index in [9.17, 15) is 14.9 Å². The SMILES string of the molecule is CNC(=O)C1COCCN1Cc1cc([N+](=O)[O-])ccc1Cl. The van der Waals surface area contributed by atoms with Gasteiger partial charge >= 0.3 is 0 Å². The minimum atomic E-state index is -0.463. The van der Waals surface area contributed by atoms with E-state index in [1.165, 1.54) is 18.2 Å². The Morgan fingerprint density at radius 2 is 2.38 bits per heavy atom. The zero-order valence-corrected chi connectivity index (χ0v) is 12.3. The molecule has 114 valence electrons. The maximum atomic E-state index is 11.9. The van der Waals surface area contributed by atoms with Gasteiger partial charge in [0.1, 0.15) is 6.04 Å². The predicted molar refractivity (Wildman–Crippen MR) is 77.2 cm³/mol. The van der Waals surface area contributed by atoms with Crippen LogP contribution in [0.2, 0.25) is 5.02 Å². The third-order valence-corrected chi connectivity index (χ3v) is 3.77. The summed E-state index contributed by atoms with van der Waals surface area (Å²) in [6.45, 7) is 1.74. The molecule has 1 N–H and O–H groups in total. The summed E-state index contributed by atoms with van der Waals surface area (Å²) in [5, 5.41) is 13.9. The monoisotopic (exact) mass is 313 g/mol. The molecule has 8 heteroatoms. The molecule has 1 atom stereocenters. The van der Waals surface area contributed by atoms with Crippen LogP contribution in [0.25, 0.3) is 0 Å². The normalized spacial score (nSPS) is 19.2. The molecule has 0 radical (unpaired) electrons. The molecular weight excluding hydrogens is 298 g/mol. The Kier molecular flexibility index (Phi) is 5.11. The molecule has 0 spiro atoms. The summed E-state index contributed by atoms with van der Waals surface area (Å²) in [6.07, 6.45) is 0. The summed E-state index contributed by atoms with van der Waals surface area (Å²) >= 11 is 6.10. The summed E-state index contributed by atoms with van der Waals surface area (Å²) in [4.78, 5) is 24.1. The maximum Gasteiger partial charge on any atom is 0.269 e. The Morgan fingerprint density at radius 1 is 1.62 bits per heavy atom. The van der Waals surface area contributed by atoms with Crippen molar-refractivity contribution >= 4 is 23.2 Å². The van der Waals surface area contributed by atoms with Gasteiger partial charge in [-0.15, -0.1) is 0 Å². The number of carbonyl (C=O) groups is 1. The predicted octanol–water partition coefficient (Wildman–Crippen LogP) is 1.19. The molecular formula is C13H16ClN3O4. The van der Waals surface area contributed by atoms with Gasteiger partial charge in [0, 0.05) is 37.3 Å². The lowest BCUT2D eigenvalue weighted by Gasteiger charge is -2.34. The number of likely N-dealkylation sites (N-methyl/N-ethyl adjacent to an activating group) is 1. The van der Waals surface area contributed by atoms with Crippen molar-refractivity contribution in [1.82, 2.24) is 10.2 Å². The molecule has 1 aliphatic rings. The van der Waals surface area contributed by atoms with Crippen molar-refractivity contribution in [3.63, 3.8) is 0 Å². The van der Waals surface area contributed by atoms with E-state index in [-0.39, 0.29) is 11.6 Å². The molecule has 1 aliphatic heterocycles. The van der Waals surface area contributed by atoms with Gasteiger partial charge in [0.25, 0.3) is 5.69 Å². The number of non-ortho nitro benzene ring substituents is 1. The van der Waals surface area contributed by atoms with Gasteiger partial charge in [0.2, 0.25) is 5.91 Å². The van der Waals surface area contributed by atoms with Crippen LogP contribution in [0, 0.1) is 10.1 Å². The van der Waals surface area contributed by atoms with Crippen LogP contribution in [0.4, 0.5) is 5.69 Å². The third-order valence-electron chi connectivity index (χ3n) is 3.40. The van der Waals surface area contributed by atoms with E-state index in [2.05, 4.69) is 5.32 Å². The van der Waals surface area contributed by atoms with E-state index in [1.807, 2.05) is 4.90 Å². The van der Waals surface area contributed by atoms with Gasteiger partial charge in [-0.2, -0.15) is 0 Å². The Labute approximate surface area is 127 Å². The van der Waals surface area contributed by atoms with Crippen LogP contribution in [0.5, 0.6) is 0 Å². The molecule has 0 aliphatic carbocycles. The number of morpholine rings is 1. The summed E-state index contributed by atoms with van der Waals surface area (Å²) < 4.78 is 5.32. The Morgan fingerprint density at radius 3 is 3.05 bits per heavy atom. The molecule has 2 rings (SSSR count). The topological polar surface area (TPSA) is 84.7 Å². The van der Waals surface area contributed by atoms with Crippen molar-refractivity contribution in [2.45, 2.75) is 12.6 Å². The minimum Gasteiger partial charge on any atom is -0.378 e. The Balaban J connectivity index is 2.20. The summed E-state index contributed by atoms with van der Waals surface area (Å²) in [7, 11) is 1.56. The van der Waals surface area contributed by atoms with Gasteiger partial charge in [0.15, 0.2) is 0 Å². The first-order valence-electron chi connectivity index (χ1n) is 6.49. The Bertz CT molecular complexity index is 552. The van der Waals surface area contributed by atoms with Crippen molar-refractivity contribution in [2.75, 3.05) is 26.8 Å². The molecule has 1 heterocycles. The van der Waals surface area contributed by atoms with Crippen LogP contribution in [0.15, 0.2) is 18.2 Å². The molecule has 21 heavy (non-hydrogen) atoms. The average molecular weight is 314 g/mol. The van der Waals surface area contributed by atoms with Crippen molar-refractivity contribution < 1.29 is 14.5 Å². The number of benzene rings is 1. The summed E-state index contributed by atoms with van der Waals surface area (Å²) in [5.74, 6) is -0.142. The van der Waals surface area contributed by atoms with Gasteiger partial charge < -0.3 is 10.1 Å². The van der Waals surface area contributed by atoms with E-state index in [4.69, 9.17) is 16.3 Å². The minimum absolute atomic E-state index is 0.0147. The lowest BCUT2D eigenvalue weighted by Crippen LogP contribution is -2.52. The molecule has 1 aromatic rings. The third kappa shape index (κ3) is 3.69. The number of rotatable bonds is 4. The molecule has 0 saturated carbocycles. The van der Waals surface area contributed by atoms with E-state index >= 15 is 0 Å². The lowest BCUT2D eigenvalue weighted by molar-refractivity contribution is -0.384. The molecule has 0 bridgehead atoms. The van der Waals surface area contributed by atoms with E-state index in [0.29, 0.717) is 36.9 Å². The molecule has 1 aromatic carbocycles. The number of halogens is 1. The second kappa shape index (κ2) is 6.84. The smallest absolute Gasteiger partial charge is 0.269 e. The summed E-state index contributed by atoms with van der Waals surface area (Å²) in [6, 6.07) is 3.89. The second-order valence-corrected chi connectivity index (χ2v) is 5.12. The van der Waals surface area contributed by atoms with Crippen molar-refractivity contribution in [2.24, 2.45) is 0 Å². The van der Waals surface area contributed by atoms with Gasteiger partial charge in [-0.3, -0.25) is 19.8 Å². The van der Waals surface area contributed by atoms with Crippen LogP contribution < -0.4 is 5.32 Å². The number of hydrogen-bond donors (Lipinski definition) is 1. The fourth-order valence-electron chi connectivity index (χ4n) is 2.25. The molecule has 1 saturated heterocycles. The first-order chi connectivity index (χ1) is 10.0. The molecule has 1 amide bonds. The van der Waals surface area contributed by atoms with Crippen LogP contribution in [0.3, 0.4) is 0 Å². The van der Waals surface area contributed by atoms with Crippen LogP contribution in [0.1, 0.15) is 5.56 Å². The molecule has 7 nitrogen and oxygen atoms in total. The number of nitrogens with zero attached hydrogens (tertiary/aromatic N) is 2. The largest absolute Gasteiger partial charge is 0.378 e. The van der Waals surface area contributed by atoms with Crippen molar-refractivity contribution in [3.05, 3.63) is 38.9 Å². The molecule has 1 unspecified atom stereocenters. The number of nitrogens with one attached hydrogen (secondary N) is 1. The van der Waals surface area contributed by atoms with Crippen molar-refractivity contribution in [3.8, 4) is 0 Å². The zero-order chi connectivity index (χ0) is 15.4. The van der Waals surface area contributed by atoms with Crippen LogP contribution in [-0.2, 0) is 16.1 Å². The standard InChI is InChI=1S/C13H16ClN3O4/c1-15-13(18)12-8-21-5-4-16(12)7-9-6-10(17(19)20)2-3-11(9)14/h2-3,6,12H,4-5,7-8H2,1H3,(H,15,18). The maximum absolute atomic E-state index is 11.9. The van der Waals surface area contributed by atoms with E-state index in [1.54, 1.807) is 7.05 Å². The molecule has 1 fully saturated rings. The van der Waals surface area contributed by atoms with Crippen LogP contribution in [-0.4, -0.2) is 48.6 Å². The van der Waals surface area contributed by atoms with Gasteiger partial charge in [-0.05, 0) is 11.6 Å². The van der Waals surface area contributed by atoms with E-state index in [0.717, 1.165) is 0 Å². The fraction of sp³-hybridized carbons (Fsp3) is 0.462. The van der Waals surface area contributed by atoms with Crippen LogP contribution >= 0.6 is 11.6 Å². The number of nitro benzene ring substituents is 1. The van der Waals surface area contributed by atoms with Gasteiger partial charge in [-0.1, -0.05) is 11.6 Å². The van der Waals surface area contributed by atoms with E-state index < -0.39 is 11.0 Å². The quantitative estimate of drug-likeness (QED) is 0.667. The number of carbonyl (C=O) groups excluding carboxylic acids is 1. The first-order valence-corrected chi connectivity index (χ1v) is 6.87. The molecule has 0 aromatic heterocycles. The van der Waals surface area contributed by atoms with Crippen molar-refractivity contribution in [1.29, 1.82) is 0 Å². The highest BCUT2D eigenvalue weighted by Crippen LogP contribution is 2.24. The van der Waals surface area contributed by atoms with Gasteiger partial charge in [-0.25, -0.2) is 0 Å². The second-order valence-electron chi connectivity index (χ2n) is 4.71. The number of nitro groups is 1. The fourth-order valence-corrected chi connectivity index (χ4v) is 2.43. The number of ether oxygens (including phenoxy) is 1. The summed E-state index contributed by atoms with van der Waals surface area (Å²) in [5.41, 5.74) is 0.612. The van der Waals surface area contributed by atoms with Gasteiger partial charge in [0.05, 0.1) is 18.1 Å². The Hall–Kier alpha value is -1.70. The lowest BCUT2D eigenvalue weighted by atomic mass is 10.1. The number of amides is 1. The highest BCUT2D eigenvalue weighted by atomic mass is 35.5. The first kappa shape index (κ1) is 15.7.